The molecule has 0 N–H and O–H groups in total. The van der Waals surface area contributed by atoms with Gasteiger partial charge in [-0.05, 0) is 44.9 Å². The monoisotopic (exact) mass is 433 g/mol. The topological polar surface area (TPSA) is 65.1 Å². The number of hydrogen-bond donors (Lipinski definition) is 0. The van der Waals surface area contributed by atoms with Gasteiger partial charge in [0.05, 0.1) is 19.6 Å². The van der Waals surface area contributed by atoms with Gasteiger partial charge in [-0.3, -0.25) is 9.59 Å². The normalized spacial score (nSPS) is 17.0. The predicted molar refractivity (Wildman–Crippen MR) is 121 cm³/mol. The zero-order valence-corrected chi connectivity index (χ0v) is 19.7. The molecule has 1 atom stereocenters. The third kappa shape index (κ3) is 9.72. The highest BCUT2D eigenvalue weighted by Gasteiger charge is 2.28. The molecule has 6 heteroatoms. The first-order valence-electron chi connectivity index (χ1n) is 11.6. The Balaban J connectivity index is 1.76. The SMILES string of the molecule is CCCCCCCCOc1ccc(C2CN(CCC(=O)OC(C)(C)C)C(=O)CO2)cc1. The number of morpholine rings is 1. The maximum atomic E-state index is 12.2. The Morgan fingerprint density at radius 1 is 1.10 bits per heavy atom. The lowest BCUT2D eigenvalue weighted by Crippen LogP contribution is -2.44. The molecule has 0 saturated carbocycles. The van der Waals surface area contributed by atoms with Crippen molar-refractivity contribution in [1.29, 1.82) is 0 Å². The van der Waals surface area contributed by atoms with E-state index >= 15 is 0 Å². The molecule has 0 bridgehead atoms. The predicted octanol–water partition coefficient (Wildman–Crippen LogP) is 5.06. The number of hydrogen-bond acceptors (Lipinski definition) is 5. The van der Waals surface area contributed by atoms with Crippen LogP contribution in [0.25, 0.3) is 0 Å². The van der Waals surface area contributed by atoms with E-state index in [0.29, 0.717) is 13.1 Å². The van der Waals surface area contributed by atoms with Crippen molar-refractivity contribution >= 4 is 11.9 Å². The summed E-state index contributed by atoms with van der Waals surface area (Å²) in [7, 11) is 0. The molecule has 0 aliphatic carbocycles. The minimum Gasteiger partial charge on any atom is -0.494 e. The fourth-order valence-electron chi connectivity index (χ4n) is 3.51. The molecule has 1 amide bonds. The van der Waals surface area contributed by atoms with Crippen LogP contribution in [-0.2, 0) is 19.1 Å². The molecule has 0 spiro atoms. The molecule has 1 aromatic carbocycles. The second-order valence-electron chi connectivity index (χ2n) is 9.16. The molecule has 1 fully saturated rings. The van der Waals surface area contributed by atoms with Crippen LogP contribution >= 0.6 is 0 Å². The first kappa shape index (κ1) is 25.2. The minimum atomic E-state index is -0.520. The molecule has 2 rings (SSSR count). The van der Waals surface area contributed by atoms with E-state index in [9.17, 15) is 9.59 Å². The Labute approximate surface area is 187 Å². The molecule has 0 radical (unpaired) electrons. The van der Waals surface area contributed by atoms with E-state index in [4.69, 9.17) is 14.2 Å². The number of carbonyl (C=O) groups excluding carboxylic acids is 2. The highest BCUT2D eigenvalue weighted by Crippen LogP contribution is 2.25. The summed E-state index contributed by atoms with van der Waals surface area (Å²) < 4.78 is 16.9. The molecule has 1 saturated heterocycles. The molecule has 174 valence electrons. The highest BCUT2D eigenvalue weighted by atomic mass is 16.6. The molecule has 1 aromatic rings. The first-order chi connectivity index (χ1) is 14.8. The van der Waals surface area contributed by atoms with Gasteiger partial charge < -0.3 is 19.1 Å². The molecule has 1 heterocycles. The van der Waals surface area contributed by atoms with Gasteiger partial charge in [0.25, 0.3) is 0 Å². The number of benzene rings is 1. The quantitative estimate of drug-likeness (QED) is 0.341. The Kier molecular flexibility index (Phi) is 10.3. The van der Waals surface area contributed by atoms with Gasteiger partial charge in [0.2, 0.25) is 5.91 Å². The second-order valence-corrected chi connectivity index (χ2v) is 9.16. The average Bonchev–Trinajstić information content (AvgIpc) is 2.72. The third-order valence-electron chi connectivity index (χ3n) is 5.17. The Bertz CT molecular complexity index is 680. The van der Waals surface area contributed by atoms with Gasteiger partial charge in [-0.25, -0.2) is 0 Å². The van der Waals surface area contributed by atoms with E-state index in [1.54, 1.807) is 4.90 Å². The van der Waals surface area contributed by atoms with Crippen molar-refractivity contribution in [2.24, 2.45) is 0 Å². The molecule has 1 unspecified atom stereocenters. The first-order valence-corrected chi connectivity index (χ1v) is 11.6. The maximum absolute atomic E-state index is 12.2. The number of carbonyl (C=O) groups is 2. The van der Waals surface area contributed by atoms with Crippen LogP contribution in [0, 0.1) is 0 Å². The van der Waals surface area contributed by atoms with Gasteiger partial charge in [-0.2, -0.15) is 0 Å². The van der Waals surface area contributed by atoms with Gasteiger partial charge in [-0.15, -0.1) is 0 Å². The lowest BCUT2D eigenvalue weighted by Gasteiger charge is -2.33. The van der Waals surface area contributed by atoms with Gasteiger partial charge >= 0.3 is 5.97 Å². The third-order valence-corrected chi connectivity index (χ3v) is 5.17. The summed E-state index contributed by atoms with van der Waals surface area (Å²) in [6.07, 6.45) is 7.43. The fraction of sp³-hybridized carbons (Fsp3) is 0.680. The van der Waals surface area contributed by atoms with E-state index < -0.39 is 5.60 Å². The molecular weight excluding hydrogens is 394 g/mol. The number of esters is 1. The minimum absolute atomic E-state index is 0.0231. The lowest BCUT2D eigenvalue weighted by molar-refractivity contribution is -0.157. The second kappa shape index (κ2) is 12.7. The van der Waals surface area contributed by atoms with Crippen molar-refractivity contribution < 1.29 is 23.8 Å². The highest BCUT2D eigenvalue weighted by molar-refractivity contribution is 5.79. The van der Waals surface area contributed by atoms with Gasteiger partial charge in [0.1, 0.15) is 24.1 Å². The van der Waals surface area contributed by atoms with E-state index in [0.717, 1.165) is 24.3 Å². The zero-order valence-electron chi connectivity index (χ0n) is 19.7. The van der Waals surface area contributed by atoms with Crippen LogP contribution in [0.5, 0.6) is 5.75 Å². The number of ether oxygens (including phenoxy) is 3. The largest absolute Gasteiger partial charge is 0.494 e. The molecule has 0 aromatic heterocycles. The zero-order chi connectivity index (χ0) is 22.7. The van der Waals surface area contributed by atoms with Crippen LogP contribution < -0.4 is 4.74 Å². The van der Waals surface area contributed by atoms with Gasteiger partial charge in [0, 0.05) is 6.54 Å². The van der Waals surface area contributed by atoms with E-state index in [1.807, 2.05) is 45.0 Å². The lowest BCUT2D eigenvalue weighted by atomic mass is 10.1. The van der Waals surface area contributed by atoms with E-state index in [2.05, 4.69) is 6.92 Å². The van der Waals surface area contributed by atoms with Crippen molar-refractivity contribution in [2.75, 3.05) is 26.3 Å². The van der Waals surface area contributed by atoms with Gasteiger partial charge in [0.15, 0.2) is 0 Å². The van der Waals surface area contributed by atoms with Crippen molar-refractivity contribution in [3.8, 4) is 5.75 Å². The smallest absolute Gasteiger partial charge is 0.308 e. The number of nitrogens with zero attached hydrogens (tertiary/aromatic N) is 1. The average molecular weight is 434 g/mol. The standard InChI is InChI=1S/C25H39NO5/c1-5-6-7-8-9-10-17-29-21-13-11-20(12-14-21)22-18-26(23(27)19-30-22)16-15-24(28)31-25(2,3)4/h11-14,22H,5-10,15-19H2,1-4H3. The number of rotatable bonds is 12. The van der Waals surface area contributed by atoms with Crippen molar-refractivity contribution in [3.05, 3.63) is 29.8 Å². The molecular formula is C25H39NO5. The van der Waals surface area contributed by atoms with Crippen molar-refractivity contribution in [2.45, 2.75) is 84.3 Å². The van der Waals surface area contributed by atoms with E-state index in [1.165, 1.54) is 32.1 Å². The summed E-state index contributed by atoms with van der Waals surface area (Å²) in [4.78, 5) is 25.8. The van der Waals surface area contributed by atoms with Crippen LogP contribution in [-0.4, -0.2) is 48.7 Å². The molecule has 1 aliphatic rings. The van der Waals surface area contributed by atoms with Crippen molar-refractivity contribution in [3.63, 3.8) is 0 Å². The van der Waals surface area contributed by atoms with Crippen LogP contribution in [0.3, 0.4) is 0 Å². The summed E-state index contributed by atoms with van der Waals surface area (Å²) in [5.74, 6) is 0.458. The maximum Gasteiger partial charge on any atom is 0.308 e. The van der Waals surface area contributed by atoms with E-state index in [-0.39, 0.29) is 31.0 Å². The summed E-state index contributed by atoms with van der Waals surface area (Å²) in [6.45, 7) is 9.26. The fourth-order valence-corrected chi connectivity index (χ4v) is 3.51. The number of amides is 1. The Morgan fingerprint density at radius 3 is 2.45 bits per heavy atom. The summed E-state index contributed by atoms with van der Waals surface area (Å²) >= 11 is 0. The van der Waals surface area contributed by atoms with Crippen LogP contribution in [0.4, 0.5) is 0 Å². The van der Waals surface area contributed by atoms with Crippen LogP contribution in [0.2, 0.25) is 0 Å². The Hall–Kier alpha value is -2.08. The Morgan fingerprint density at radius 2 is 1.77 bits per heavy atom. The van der Waals surface area contributed by atoms with Crippen LogP contribution in [0.1, 0.15) is 84.3 Å². The number of unbranched alkanes of at least 4 members (excludes halogenated alkanes) is 5. The molecule has 31 heavy (non-hydrogen) atoms. The molecule has 1 aliphatic heterocycles. The summed E-state index contributed by atoms with van der Waals surface area (Å²) in [6, 6.07) is 7.89. The van der Waals surface area contributed by atoms with Gasteiger partial charge in [-0.1, -0.05) is 51.2 Å². The van der Waals surface area contributed by atoms with Crippen molar-refractivity contribution in [1.82, 2.24) is 4.90 Å². The molecule has 6 nitrogen and oxygen atoms in total. The summed E-state index contributed by atoms with van der Waals surface area (Å²) in [5, 5.41) is 0. The summed E-state index contributed by atoms with van der Waals surface area (Å²) in [5.41, 5.74) is 0.481. The van der Waals surface area contributed by atoms with Crippen LogP contribution in [0.15, 0.2) is 24.3 Å².